The molecule has 0 saturated heterocycles. The highest BCUT2D eigenvalue weighted by atomic mass is 35.5. The van der Waals surface area contributed by atoms with E-state index in [2.05, 4.69) is 15.6 Å². The Morgan fingerprint density at radius 1 is 1.25 bits per heavy atom. The monoisotopic (exact) mass is 295 g/mol. The number of ether oxygens (including phenoxy) is 1. The van der Waals surface area contributed by atoms with E-state index in [1.165, 1.54) is 25.4 Å². The van der Waals surface area contributed by atoms with Crippen molar-refractivity contribution in [1.82, 2.24) is 4.98 Å². The number of pyridine rings is 1. The van der Waals surface area contributed by atoms with Crippen LogP contribution in [0.15, 0.2) is 36.5 Å². The molecule has 2 aromatic rings. The lowest BCUT2D eigenvalue weighted by molar-refractivity contribution is 0.262. The molecule has 0 aliphatic rings. The SMILES string of the molecule is COc1cc(NC(=O)Nc2cc(F)cc(Cl)c2)ccn1. The number of aromatic nitrogens is 1. The first kappa shape index (κ1) is 14.1. The van der Waals surface area contributed by atoms with Gasteiger partial charge < -0.3 is 15.4 Å². The Hall–Kier alpha value is -2.34. The zero-order valence-electron chi connectivity index (χ0n) is 10.5. The smallest absolute Gasteiger partial charge is 0.323 e. The molecule has 0 fully saturated rings. The van der Waals surface area contributed by atoms with Crippen molar-refractivity contribution in [3.05, 3.63) is 47.4 Å². The van der Waals surface area contributed by atoms with Crippen molar-refractivity contribution in [1.29, 1.82) is 0 Å². The summed E-state index contributed by atoms with van der Waals surface area (Å²) in [4.78, 5) is 15.7. The van der Waals surface area contributed by atoms with Crippen LogP contribution in [0.3, 0.4) is 0 Å². The highest BCUT2D eigenvalue weighted by molar-refractivity contribution is 6.30. The van der Waals surface area contributed by atoms with E-state index in [1.807, 2.05) is 0 Å². The molecule has 0 atom stereocenters. The van der Waals surface area contributed by atoms with Gasteiger partial charge in [0.1, 0.15) is 5.82 Å². The van der Waals surface area contributed by atoms with Crippen molar-refractivity contribution in [2.75, 3.05) is 17.7 Å². The second kappa shape index (κ2) is 6.21. The fourth-order valence-corrected chi connectivity index (χ4v) is 1.74. The number of hydrogen-bond donors (Lipinski definition) is 2. The Morgan fingerprint density at radius 3 is 2.70 bits per heavy atom. The van der Waals surface area contributed by atoms with Crippen LogP contribution < -0.4 is 15.4 Å². The molecule has 104 valence electrons. The van der Waals surface area contributed by atoms with E-state index in [0.29, 0.717) is 11.6 Å². The molecule has 20 heavy (non-hydrogen) atoms. The third-order valence-corrected chi connectivity index (χ3v) is 2.54. The topological polar surface area (TPSA) is 63.2 Å². The molecule has 0 unspecified atom stereocenters. The van der Waals surface area contributed by atoms with Crippen molar-refractivity contribution in [3.8, 4) is 5.88 Å². The summed E-state index contributed by atoms with van der Waals surface area (Å²) in [6, 6.07) is 6.38. The summed E-state index contributed by atoms with van der Waals surface area (Å²) < 4.78 is 18.1. The molecule has 1 heterocycles. The van der Waals surface area contributed by atoms with Crippen LogP contribution in [0.5, 0.6) is 5.88 Å². The molecule has 0 aliphatic heterocycles. The summed E-state index contributed by atoms with van der Waals surface area (Å²) in [5.41, 5.74) is 0.755. The fraction of sp³-hybridized carbons (Fsp3) is 0.0769. The minimum absolute atomic E-state index is 0.200. The molecule has 1 aromatic carbocycles. The fourth-order valence-electron chi connectivity index (χ4n) is 1.52. The summed E-state index contributed by atoms with van der Waals surface area (Å²) in [6.45, 7) is 0. The molecule has 5 nitrogen and oxygen atoms in total. The predicted molar refractivity (Wildman–Crippen MR) is 74.8 cm³/mol. The van der Waals surface area contributed by atoms with E-state index in [4.69, 9.17) is 16.3 Å². The van der Waals surface area contributed by atoms with E-state index >= 15 is 0 Å². The average Bonchev–Trinajstić information content (AvgIpc) is 2.37. The Bertz CT molecular complexity index is 617. The second-order valence-electron chi connectivity index (χ2n) is 3.82. The van der Waals surface area contributed by atoms with Gasteiger partial charge in [0.05, 0.1) is 7.11 Å². The molecule has 0 aliphatic carbocycles. The molecule has 0 radical (unpaired) electrons. The number of carbonyl (C=O) groups excluding carboxylic acids is 1. The van der Waals surface area contributed by atoms with E-state index in [-0.39, 0.29) is 10.7 Å². The number of halogens is 2. The van der Waals surface area contributed by atoms with E-state index in [1.54, 1.807) is 12.1 Å². The van der Waals surface area contributed by atoms with Crippen molar-refractivity contribution in [3.63, 3.8) is 0 Å². The maximum Gasteiger partial charge on any atom is 0.323 e. The van der Waals surface area contributed by atoms with Crippen LogP contribution in [0.2, 0.25) is 5.02 Å². The number of methoxy groups -OCH3 is 1. The molecule has 0 spiro atoms. The van der Waals surface area contributed by atoms with Gasteiger partial charge in [0.2, 0.25) is 5.88 Å². The number of urea groups is 1. The number of amides is 2. The lowest BCUT2D eigenvalue weighted by Crippen LogP contribution is -2.19. The minimum Gasteiger partial charge on any atom is -0.481 e. The third-order valence-electron chi connectivity index (χ3n) is 2.32. The third kappa shape index (κ3) is 3.83. The standard InChI is InChI=1S/C13H11ClFN3O2/c1-20-12-7-10(2-3-16-12)17-13(19)18-11-5-8(14)4-9(15)6-11/h2-7H,1H3,(H2,16,17,18,19). The van der Waals surface area contributed by atoms with Crippen LogP contribution in [0.25, 0.3) is 0 Å². The maximum atomic E-state index is 13.1. The molecule has 1 aromatic heterocycles. The molecule has 7 heteroatoms. The minimum atomic E-state index is -0.529. The van der Waals surface area contributed by atoms with Crippen LogP contribution in [0, 0.1) is 5.82 Å². The Kier molecular flexibility index (Phi) is 4.37. The molecule has 2 rings (SSSR count). The summed E-state index contributed by atoms with van der Waals surface area (Å²) in [6.07, 6.45) is 1.49. The van der Waals surface area contributed by atoms with Gasteiger partial charge in [0, 0.05) is 28.7 Å². The molecule has 2 amide bonds. The van der Waals surface area contributed by atoms with Gasteiger partial charge in [-0.05, 0) is 24.3 Å². The largest absolute Gasteiger partial charge is 0.481 e. The van der Waals surface area contributed by atoms with E-state index in [0.717, 1.165) is 6.07 Å². The molecule has 2 N–H and O–H groups in total. The first-order valence-electron chi connectivity index (χ1n) is 5.61. The first-order valence-corrected chi connectivity index (χ1v) is 5.99. The molecule has 0 saturated carbocycles. The van der Waals surface area contributed by atoms with Crippen molar-refractivity contribution < 1.29 is 13.9 Å². The number of nitrogens with zero attached hydrogens (tertiary/aromatic N) is 1. The quantitative estimate of drug-likeness (QED) is 0.910. The average molecular weight is 296 g/mol. The number of hydrogen-bond acceptors (Lipinski definition) is 3. The Balaban J connectivity index is 2.04. The molecular formula is C13H11ClFN3O2. The Labute approximate surface area is 119 Å². The number of anilines is 2. The zero-order valence-corrected chi connectivity index (χ0v) is 11.2. The predicted octanol–water partition coefficient (Wildman–Crippen LogP) is 3.53. The number of rotatable bonds is 3. The molecule has 0 bridgehead atoms. The van der Waals surface area contributed by atoms with Gasteiger partial charge in [-0.3, -0.25) is 0 Å². The second-order valence-corrected chi connectivity index (χ2v) is 4.26. The lowest BCUT2D eigenvalue weighted by Gasteiger charge is -2.08. The van der Waals surface area contributed by atoms with Gasteiger partial charge in [-0.25, -0.2) is 14.2 Å². The van der Waals surface area contributed by atoms with Gasteiger partial charge in [-0.2, -0.15) is 0 Å². The molecular weight excluding hydrogens is 285 g/mol. The van der Waals surface area contributed by atoms with Gasteiger partial charge in [0.15, 0.2) is 0 Å². The highest BCUT2D eigenvalue weighted by Gasteiger charge is 2.06. The van der Waals surface area contributed by atoms with Crippen molar-refractivity contribution >= 4 is 29.0 Å². The van der Waals surface area contributed by atoms with Gasteiger partial charge in [-0.1, -0.05) is 11.6 Å². The van der Waals surface area contributed by atoms with Crippen molar-refractivity contribution in [2.24, 2.45) is 0 Å². The highest BCUT2D eigenvalue weighted by Crippen LogP contribution is 2.19. The van der Waals surface area contributed by atoms with Crippen LogP contribution in [0.4, 0.5) is 20.6 Å². The Morgan fingerprint density at radius 2 is 2.00 bits per heavy atom. The maximum absolute atomic E-state index is 13.1. The van der Waals surface area contributed by atoms with Gasteiger partial charge in [-0.15, -0.1) is 0 Å². The van der Waals surface area contributed by atoms with E-state index in [9.17, 15) is 9.18 Å². The first-order chi connectivity index (χ1) is 9.56. The summed E-state index contributed by atoms with van der Waals surface area (Å²) in [5, 5.41) is 5.24. The van der Waals surface area contributed by atoms with Crippen LogP contribution in [-0.2, 0) is 0 Å². The van der Waals surface area contributed by atoms with Gasteiger partial charge >= 0.3 is 6.03 Å². The zero-order chi connectivity index (χ0) is 14.5. The van der Waals surface area contributed by atoms with E-state index < -0.39 is 11.8 Å². The van der Waals surface area contributed by atoms with Crippen LogP contribution in [0.1, 0.15) is 0 Å². The summed E-state index contributed by atoms with van der Waals surface area (Å²) in [7, 11) is 1.47. The normalized spacial score (nSPS) is 9.95. The van der Waals surface area contributed by atoms with Crippen molar-refractivity contribution in [2.45, 2.75) is 0 Å². The van der Waals surface area contributed by atoms with Crippen LogP contribution >= 0.6 is 11.6 Å². The number of nitrogens with one attached hydrogen (secondary N) is 2. The summed E-state index contributed by atoms with van der Waals surface area (Å²) in [5.74, 6) is -0.157. The number of carbonyl (C=O) groups is 1. The summed E-state index contributed by atoms with van der Waals surface area (Å²) >= 11 is 5.70. The van der Waals surface area contributed by atoms with Gasteiger partial charge in [0.25, 0.3) is 0 Å². The lowest BCUT2D eigenvalue weighted by atomic mass is 10.3. The number of benzene rings is 1. The van der Waals surface area contributed by atoms with Crippen LogP contribution in [-0.4, -0.2) is 18.1 Å².